The predicted octanol–water partition coefficient (Wildman–Crippen LogP) is 2.89. The van der Waals surface area contributed by atoms with Crippen LogP contribution in [0.1, 0.15) is 42.8 Å². The van der Waals surface area contributed by atoms with Crippen LogP contribution in [0.15, 0.2) is 17.5 Å². The fourth-order valence-corrected chi connectivity index (χ4v) is 5.43. The first-order valence-electron chi connectivity index (χ1n) is 9.63. The Labute approximate surface area is 173 Å². The molecule has 2 aromatic heterocycles. The lowest BCUT2D eigenvalue weighted by molar-refractivity contribution is -0.129. The lowest BCUT2D eigenvalue weighted by Gasteiger charge is -2.23. The Hall–Kier alpha value is -1.77. The van der Waals surface area contributed by atoms with Gasteiger partial charge in [0.15, 0.2) is 5.78 Å². The first-order chi connectivity index (χ1) is 13.3. The molecule has 0 saturated carbocycles. The van der Waals surface area contributed by atoms with Crippen molar-refractivity contribution in [3.05, 3.63) is 22.4 Å². The molecule has 2 aromatic rings. The molecule has 28 heavy (non-hydrogen) atoms. The highest BCUT2D eigenvalue weighted by Gasteiger charge is 2.29. The van der Waals surface area contributed by atoms with Gasteiger partial charge in [-0.2, -0.15) is 0 Å². The minimum Gasteiger partial charge on any atom is -0.344 e. The van der Waals surface area contributed by atoms with Crippen molar-refractivity contribution in [2.45, 2.75) is 45.2 Å². The van der Waals surface area contributed by atoms with Gasteiger partial charge in [0.1, 0.15) is 6.04 Å². The van der Waals surface area contributed by atoms with Crippen LogP contribution < -0.4 is 10.6 Å². The summed E-state index contributed by atoms with van der Waals surface area (Å²) >= 11 is 3.03. The zero-order chi connectivity index (χ0) is 20.3. The third-order valence-corrected chi connectivity index (χ3v) is 6.95. The fourth-order valence-electron chi connectivity index (χ4n) is 3.42. The quantitative estimate of drug-likeness (QED) is 0.752. The maximum atomic E-state index is 12.9. The molecule has 2 atom stereocenters. The maximum Gasteiger partial charge on any atom is 0.262 e. The minimum absolute atomic E-state index is 0.0291. The second-order valence-corrected chi connectivity index (χ2v) is 9.85. The molecular weight excluding hydrogens is 394 g/mol. The highest BCUT2D eigenvalue weighted by molar-refractivity contribution is 7.27. The summed E-state index contributed by atoms with van der Waals surface area (Å²) in [5.41, 5.74) is 0. The van der Waals surface area contributed by atoms with Crippen LogP contribution in [0, 0.1) is 5.92 Å². The van der Waals surface area contributed by atoms with E-state index in [-0.39, 0.29) is 23.5 Å². The SMILES string of the molecule is CC(C)CC(NC(=O)c1cc2sccc2s1)C(=O)NC1CCCN(C)CC1=O. The number of hydrogen-bond acceptors (Lipinski definition) is 6. The number of nitrogens with zero attached hydrogens (tertiary/aromatic N) is 1. The van der Waals surface area contributed by atoms with Crippen LogP contribution in [0.5, 0.6) is 0 Å². The highest BCUT2D eigenvalue weighted by Crippen LogP contribution is 2.30. The Morgan fingerprint density at radius 2 is 2.11 bits per heavy atom. The Kier molecular flexibility index (Phi) is 6.85. The van der Waals surface area contributed by atoms with Crippen LogP contribution >= 0.6 is 22.7 Å². The number of carbonyl (C=O) groups is 3. The summed E-state index contributed by atoms with van der Waals surface area (Å²) in [6, 6.07) is 2.74. The summed E-state index contributed by atoms with van der Waals surface area (Å²) in [5, 5.41) is 7.77. The zero-order valence-electron chi connectivity index (χ0n) is 16.5. The molecule has 2 unspecified atom stereocenters. The van der Waals surface area contributed by atoms with E-state index in [4.69, 9.17) is 0 Å². The molecule has 1 aliphatic heterocycles. The third-order valence-electron chi connectivity index (χ3n) is 4.86. The van der Waals surface area contributed by atoms with Crippen molar-refractivity contribution in [1.82, 2.24) is 15.5 Å². The number of rotatable bonds is 6. The predicted molar refractivity (Wildman–Crippen MR) is 114 cm³/mol. The Bertz CT molecular complexity index is 829. The van der Waals surface area contributed by atoms with Gasteiger partial charge >= 0.3 is 0 Å². The summed E-state index contributed by atoms with van der Waals surface area (Å²) in [4.78, 5) is 40.6. The first-order valence-corrected chi connectivity index (χ1v) is 11.3. The van der Waals surface area contributed by atoms with Crippen molar-refractivity contribution in [1.29, 1.82) is 0 Å². The lowest BCUT2D eigenvalue weighted by atomic mass is 10.0. The van der Waals surface area contributed by atoms with Crippen LogP contribution in [0.2, 0.25) is 0 Å². The lowest BCUT2D eigenvalue weighted by Crippen LogP contribution is -2.52. The molecule has 2 amide bonds. The third kappa shape index (κ3) is 5.18. The van der Waals surface area contributed by atoms with Crippen molar-refractivity contribution < 1.29 is 14.4 Å². The van der Waals surface area contributed by atoms with Crippen LogP contribution in [-0.2, 0) is 9.59 Å². The molecule has 1 aliphatic rings. The number of carbonyl (C=O) groups excluding carboxylic acids is 3. The number of ketones is 1. The van der Waals surface area contributed by atoms with Gasteiger partial charge in [-0.15, -0.1) is 22.7 Å². The molecule has 6 nitrogen and oxygen atoms in total. The second kappa shape index (κ2) is 9.15. The molecule has 2 N–H and O–H groups in total. The first kappa shape index (κ1) is 21.0. The molecule has 1 saturated heterocycles. The van der Waals surface area contributed by atoms with Gasteiger partial charge in [-0.3, -0.25) is 19.3 Å². The van der Waals surface area contributed by atoms with E-state index in [9.17, 15) is 14.4 Å². The number of nitrogens with one attached hydrogen (secondary N) is 2. The van der Waals surface area contributed by atoms with Gasteiger partial charge in [0, 0.05) is 9.40 Å². The van der Waals surface area contributed by atoms with Gasteiger partial charge in [-0.05, 0) is 56.3 Å². The Morgan fingerprint density at radius 1 is 1.32 bits per heavy atom. The van der Waals surface area contributed by atoms with Crippen molar-refractivity contribution in [3.63, 3.8) is 0 Å². The summed E-state index contributed by atoms with van der Waals surface area (Å²) in [6.45, 7) is 5.22. The molecule has 1 fully saturated rings. The second-order valence-electron chi connectivity index (χ2n) is 7.82. The standard InChI is InChI=1S/C20H27N3O3S2/c1-12(2)9-14(19(25)21-13-5-4-7-23(3)11-15(13)24)22-20(26)18-10-17-16(28-18)6-8-27-17/h6,8,10,12-14H,4-5,7,9,11H2,1-3H3,(H,21,25)(H,22,26). The number of amides is 2. The van der Waals surface area contributed by atoms with Crippen molar-refractivity contribution in [3.8, 4) is 0 Å². The normalized spacial score (nSPS) is 19.6. The minimum atomic E-state index is -0.651. The molecular formula is C20H27N3O3S2. The maximum absolute atomic E-state index is 12.9. The van der Waals surface area contributed by atoms with E-state index in [1.807, 2.05) is 43.3 Å². The van der Waals surface area contributed by atoms with Gasteiger partial charge < -0.3 is 10.6 Å². The van der Waals surface area contributed by atoms with Crippen LogP contribution in [0.25, 0.3) is 9.40 Å². The number of thiophene rings is 2. The monoisotopic (exact) mass is 421 g/mol. The number of likely N-dealkylation sites (tertiary alicyclic amines) is 1. The summed E-state index contributed by atoms with van der Waals surface area (Å²) in [7, 11) is 1.91. The van der Waals surface area contributed by atoms with Crippen LogP contribution in [0.3, 0.4) is 0 Å². The van der Waals surface area contributed by atoms with E-state index in [0.717, 1.165) is 22.4 Å². The van der Waals surface area contributed by atoms with Crippen LogP contribution in [-0.4, -0.2) is 54.7 Å². The Morgan fingerprint density at radius 3 is 2.82 bits per heavy atom. The molecule has 152 valence electrons. The van der Waals surface area contributed by atoms with E-state index in [1.54, 1.807) is 11.3 Å². The van der Waals surface area contributed by atoms with Crippen LogP contribution in [0.4, 0.5) is 0 Å². The molecule has 0 aromatic carbocycles. The molecule has 3 heterocycles. The molecule has 0 bridgehead atoms. The average Bonchev–Trinajstić information content (AvgIpc) is 3.17. The largest absolute Gasteiger partial charge is 0.344 e. The fraction of sp³-hybridized carbons (Fsp3) is 0.550. The highest BCUT2D eigenvalue weighted by atomic mass is 32.1. The topological polar surface area (TPSA) is 78.5 Å². The van der Waals surface area contributed by atoms with Gasteiger partial charge in [0.2, 0.25) is 5.91 Å². The van der Waals surface area contributed by atoms with Gasteiger partial charge in [-0.1, -0.05) is 13.8 Å². The van der Waals surface area contributed by atoms with E-state index in [1.165, 1.54) is 11.3 Å². The van der Waals surface area contributed by atoms with E-state index < -0.39 is 12.1 Å². The smallest absolute Gasteiger partial charge is 0.262 e. The zero-order valence-corrected chi connectivity index (χ0v) is 18.1. The summed E-state index contributed by atoms with van der Waals surface area (Å²) in [6.07, 6.45) is 2.02. The van der Waals surface area contributed by atoms with E-state index in [2.05, 4.69) is 10.6 Å². The van der Waals surface area contributed by atoms with Gasteiger partial charge in [0.25, 0.3) is 5.91 Å². The van der Waals surface area contributed by atoms with Crippen molar-refractivity contribution >= 4 is 49.7 Å². The molecule has 0 spiro atoms. The van der Waals surface area contributed by atoms with Gasteiger partial charge in [-0.25, -0.2) is 0 Å². The number of fused-ring (bicyclic) bond motifs is 1. The molecule has 8 heteroatoms. The number of hydrogen-bond donors (Lipinski definition) is 2. The summed E-state index contributed by atoms with van der Waals surface area (Å²) < 4.78 is 2.15. The number of Topliss-reactive ketones (excluding diaryl/α,β-unsaturated/α-hetero) is 1. The van der Waals surface area contributed by atoms with E-state index in [0.29, 0.717) is 24.3 Å². The van der Waals surface area contributed by atoms with E-state index >= 15 is 0 Å². The Balaban J connectivity index is 1.68. The molecule has 0 radical (unpaired) electrons. The molecule has 0 aliphatic carbocycles. The van der Waals surface area contributed by atoms with Crippen molar-refractivity contribution in [2.75, 3.05) is 20.1 Å². The van der Waals surface area contributed by atoms with Crippen molar-refractivity contribution in [2.24, 2.45) is 5.92 Å². The van der Waals surface area contributed by atoms with Gasteiger partial charge in [0.05, 0.1) is 17.5 Å². The number of likely N-dealkylation sites (N-methyl/N-ethyl adjacent to an activating group) is 1. The average molecular weight is 422 g/mol. The summed E-state index contributed by atoms with van der Waals surface area (Å²) in [5.74, 6) is -0.246. The molecule has 3 rings (SSSR count).